The Balaban J connectivity index is 1.70. The number of ether oxygens (including phenoxy) is 4. The Morgan fingerprint density at radius 2 is 0.787 bits per heavy atom. The molecule has 0 saturated carbocycles. The highest BCUT2D eigenvalue weighted by Gasteiger charge is 2.51. The standard InChI is InChI=1S/C75H127NO13/c1-3-5-7-9-11-13-15-17-19-21-23-25-27-28-29-30-31-32-33-34-35-36-37-39-41-43-45-47-49-51-53-55-57-59-67(80)76-63(62-86-74-72(85)70(83)73(66(61-78)88-74)89-75-71(84)69(82)68(81)65(60-77)87-75)64(79)58-56-54-52-50-48-46-44-42-40-38-26-24-22-20-18-16-14-12-10-8-6-4-2/h5,7,11,13,17,19,23,25,28-29,31-32,34-35,37,39,48,50,56,58,63-66,68-75,77-79,81-85H,3-4,6,8-10,12,14-16,18,20-22,24,26-27,30,33,36,38,40-47,49,51-55,57,59-62H2,1-2H3,(H,76,80)/b7-5-,13-11-,19-17-,25-23-,29-28-,32-31-,35-34-,39-37-,50-48+,58-56+. The van der Waals surface area contributed by atoms with Crippen molar-refractivity contribution in [2.45, 2.75) is 325 Å². The molecule has 510 valence electrons. The molecule has 14 heteroatoms. The molecule has 12 unspecified atom stereocenters. The first kappa shape index (κ1) is 81.5. The molecule has 2 rings (SSSR count). The van der Waals surface area contributed by atoms with Crippen LogP contribution in [0.5, 0.6) is 0 Å². The molecule has 89 heavy (non-hydrogen) atoms. The minimum atomic E-state index is -1.80. The summed E-state index contributed by atoms with van der Waals surface area (Å²) >= 11 is 0. The van der Waals surface area contributed by atoms with E-state index in [0.717, 1.165) is 96.3 Å². The van der Waals surface area contributed by atoms with Crippen LogP contribution in [-0.4, -0.2) is 140 Å². The highest BCUT2D eigenvalue weighted by atomic mass is 16.7. The number of aliphatic hydroxyl groups is 8. The van der Waals surface area contributed by atoms with Crippen LogP contribution >= 0.6 is 0 Å². The maximum absolute atomic E-state index is 13.3. The topological polar surface area (TPSA) is 228 Å². The molecule has 1 amide bonds. The molecule has 12 atom stereocenters. The van der Waals surface area contributed by atoms with E-state index in [2.05, 4.69) is 129 Å². The maximum Gasteiger partial charge on any atom is 0.220 e. The molecular weight excluding hydrogens is 1120 g/mol. The Morgan fingerprint density at radius 1 is 0.416 bits per heavy atom. The SMILES string of the molecule is CC/C=C\C/C=C\C/C=C\C/C=C\C/C=C\C/C=C\C/C=C\C/C=C\CCCCCCCCCCC(=O)NC(COC1OC(CO)C(OC2OC(CO)C(O)C(O)C2O)C(O)C1O)C(O)/C=C/CC/C=C/CCCCCCCCCCCCCCCCCC. The molecule has 2 aliphatic rings. The summed E-state index contributed by atoms with van der Waals surface area (Å²) in [5.74, 6) is -0.261. The minimum absolute atomic E-state index is 0.256. The average Bonchev–Trinajstić information content (AvgIpc) is 2.75. The van der Waals surface area contributed by atoms with Gasteiger partial charge in [-0.15, -0.1) is 0 Å². The Hall–Kier alpha value is -3.61. The van der Waals surface area contributed by atoms with E-state index in [1.807, 2.05) is 6.08 Å². The van der Waals surface area contributed by atoms with E-state index in [4.69, 9.17) is 18.9 Å². The summed E-state index contributed by atoms with van der Waals surface area (Å²) in [5.41, 5.74) is 0. The number of carbonyl (C=O) groups excluding carboxylic acids is 1. The van der Waals surface area contributed by atoms with Gasteiger partial charge in [0.05, 0.1) is 32.0 Å². The number of aliphatic hydroxyl groups excluding tert-OH is 8. The van der Waals surface area contributed by atoms with Crippen LogP contribution in [0, 0.1) is 0 Å². The van der Waals surface area contributed by atoms with E-state index in [9.17, 15) is 45.6 Å². The molecule has 0 aromatic carbocycles. The van der Waals surface area contributed by atoms with Gasteiger partial charge in [-0.25, -0.2) is 0 Å². The number of nitrogens with one attached hydrogen (secondary N) is 1. The van der Waals surface area contributed by atoms with E-state index in [1.165, 1.54) is 122 Å². The van der Waals surface area contributed by atoms with E-state index in [0.29, 0.717) is 12.8 Å². The lowest BCUT2D eigenvalue weighted by Gasteiger charge is -2.46. The molecule has 2 fully saturated rings. The molecule has 0 aliphatic carbocycles. The van der Waals surface area contributed by atoms with Crippen LogP contribution < -0.4 is 5.32 Å². The van der Waals surface area contributed by atoms with Crippen molar-refractivity contribution in [3.63, 3.8) is 0 Å². The highest BCUT2D eigenvalue weighted by Crippen LogP contribution is 2.30. The molecule has 2 saturated heterocycles. The molecular formula is C75H127NO13. The second-order valence-corrected chi connectivity index (χ2v) is 24.3. The van der Waals surface area contributed by atoms with Crippen molar-refractivity contribution in [2.24, 2.45) is 0 Å². The first-order valence-corrected chi connectivity index (χ1v) is 35.3. The summed E-state index contributed by atoms with van der Waals surface area (Å²) < 4.78 is 22.8. The lowest BCUT2D eigenvalue weighted by molar-refractivity contribution is -0.359. The fourth-order valence-electron chi connectivity index (χ4n) is 10.8. The van der Waals surface area contributed by atoms with Gasteiger partial charge in [-0.3, -0.25) is 4.79 Å². The summed E-state index contributed by atoms with van der Waals surface area (Å²) in [5, 5.41) is 87.4. The predicted molar refractivity (Wildman–Crippen MR) is 364 cm³/mol. The fraction of sp³-hybridized carbons (Fsp3) is 0.720. The Kier molecular flexibility index (Phi) is 53.3. The molecule has 0 bridgehead atoms. The average molecular weight is 1250 g/mol. The molecule has 0 spiro atoms. The van der Waals surface area contributed by atoms with Crippen LogP contribution in [0.25, 0.3) is 0 Å². The van der Waals surface area contributed by atoms with Crippen LogP contribution in [0.3, 0.4) is 0 Å². The van der Waals surface area contributed by atoms with E-state index < -0.39 is 86.8 Å². The normalized spacial score (nSPS) is 23.8. The van der Waals surface area contributed by atoms with Crippen LogP contribution in [0.4, 0.5) is 0 Å². The van der Waals surface area contributed by atoms with E-state index in [1.54, 1.807) is 6.08 Å². The molecule has 2 aliphatic heterocycles. The van der Waals surface area contributed by atoms with Gasteiger partial charge in [0, 0.05) is 6.42 Å². The summed E-state index contributed by atoms with van der Waals surface area (Å²) in [7, 11) is 0. The smallest absolute Gasteiger partial charge is 0.220 e. The van der Waals surface area contributed by atoms with Crippen LogP contribution in [0.15, 0.2) is 122 Å². The van der Waals surface area contributed by atoms with Gasteiger partial charge in [0.2, 0.25) is 5.91 Å². The molecule has 0 aromatic heterocycles. The molecule has 2 heterocycles. The lowest BCUT2D eigenvalue weighted by atomic mass is 9.97. The third-order valence-corrected chi connectivity index (χ3v) is 16.4. The summed E-state index contributed by atoms with van der Waals surface area (Å²) in [6.07, 6.45) is 68.1. The molecule has 9 N–H and O–H groups in total. The van der Waals surface area contributed by atoms with Crippen LogP contribution in [-0.2, 0) is 23.7 Å². The third-order valence-electron chi connectivity index (χ3n) is 16.4. The van der Waals surface area contributed by atoms with Gasteiger partial charge in [-0.2, -0.15) is 0 Å². The zero-order valence-corrected chi connectivity index (χ0v) is 55.4. The van der Waals surface area contributed by atoms with Crippen LogP contribution in [0.1, 0.15) is 251 Å². The number of unbranched alkanes of at least 4 members (excludes halogenated alkanes) is 25. The number of hydrogen-bond donors (Lipinski definition) is 9. The van der Waals surface area contributed by atoms with Crippen molar-refractivity contribution in [1.29, 1.82) is 0 Å². The van der Waals surface area contributed by atoms with Crippen molar-refractivity contribution in [2.75, 3.05) is 19.8 Å². The quantitative estimate of drug-likeness (QED) is 0.0204. The molecule has 14 nitrogen and oxygen atoms in total. The van der Waals surface area contributed by atoms with Crippen molar-refractivity contribution in [3.8, 4) is 0 Å². The first-order valence-electron chi connectivity index (χ1n) is 35.3. The van der Waals surface area contributed by atoms with Crippen molar-refractivity contribution in [1.82, 2.24) is 5.32 Å². The third kappa shape index (κ3) is 42.3. The Bertz CT molecular complexity index is 1960. The summed E-state index contributed by atoms with van der Waals surface area (Å²) in [6.45, 7) is 2.67. The summed E-state index contributed by atoms with van der Waals surface area (Å²) in [6, 6.07) is -0.946. The Labute approximate surface area is 539 Å². The maximum atomic E-state index is 13.3. The molecule has 0 radical (unpaired) electrons. The molecule has 0 aromatic rings. The van der Waals surface area contributed by atoms with Gasteiger partial charge in [0.25, 0.3) is 0 Å². The van der Waals surface area contributed by atoms with Gasteiger partial charge in [-0.05, 0) is 96.3 Å². The fourth-order valence-corrected chi connectivity index (χ4v) is 10.8. The lowest BCUT2D eigenvalue weighted by Crippen LogP contribution is -2.65. The van der Waals surface area contributed by atoms with E-state index in [-0.39, 0.29) is 18.9 Å². The second-order valence-electron chi connectivity index (χ2n) is 24.3. The number of carbonyl (C=O) groups is 1. The van der Waals surface area contributed by atoms with Gasteiger partial charge in [0.1, 0.15) is 48.8 Å². The van der Waals surface area contributed by atoms with Crippen LogP contribution in [0.2, 0.25) is 0 Å². The number of rotatable bonds is 56. The largest absolute Gasteiger partial charge is 0.394 e. The highest BCUT2D eigenvalue weighted by molar-refractivity contribution is 5.76. The van der Waals surface area contributed by atoms with Gasteiger partial charge < -0.3 is 65.1 Å². The zero-order chi connectivity index (χ0) is 64.5. The second kappa shape index (κ2) is 58.2. The first-order chi connectivity index (χ1) is 43.6. The monoisotopic (exact) mass is 1250 g/mol. The van der Waals surface area contributed by atoms with Gasteiger partial charge >= 0.3 is 0 Å². The van der Waals surface area contributed by atoms with E-state index >= 15 is 0 Å². The van der Waals surface area contributed by atoms with Crippen molar-refractivity contribution < 1.29 is 64.6 Å². The van der Waals surface area contributed by atoms with Gasteiger partial charge in [-0.1, -0.05) is 270 Å². The number of allylic oxidation sites excluding steroid dienone is 19. The van der Waals surface area contributed by atoms with Crippen molar-refractivity contribution >= 4 is 5.91 Å². The number of hydrogen-bond acceptors (Lipinski definition) is 13. The van der Waals surface area contributed by atoms with Gasteiger partial charge in [0.15, 0.2) is 12.6 Å². The minimum Gasteiger partial charge on any atom is -0.394 e. The number of amides is 1. The Morgan fingerprint density at radius 3 is 1.24 bits per heavy atom. The van der Waals surface area contributed by atoms with Crippen molar-refractivity contribution in [3.05, 3.63) is 122 Å². The predicted octanol–water partition coefficient (Wildman–Crippen LogP) is 14.5. The zero-order valence-electron chi connectivity index (χ0n) is 55.4. The summed E-state index contributed by atoms with van der Waals surface area (Å²) in [4.78, 5) is 13.3.